The summed E-state index contributed by atoms with van der Waals surface area (Å²) in [6, 6.07) is 28.9. The summed E-state index contributed by atoms with van der Waals surface area (Å²) in [4.78, 5) is 29.1. The fraction of sp³-hybridized carbons (Fsp3) is 0.385. The lowest BCUT2D eigenvalue weighted by Crippen LogP contribution is -2.58. The Morgan fingerprint density at radius 2 is 1.65 bits per heavy atom. The second kappa shape index (κ2) is 11.5. The number of rotatable bonds is 8. The van der Waals surface area contributed by atoms with Crippen LogP contribution in [0.15, 0.2) is 91.0 Å². The van der Waals surface area contributed by atoms with E-state index in [-0.39, 0.29) is 29.7 Å². The average molecular weight is 622 g/mol. The summed E-state index contributed by atoms with van der Waals surface area (Å²) in [5, 5.41) is 2.08. The first kappa shape index (κ1) is 30.4. The summed E-state index contributed by atoms with van der Waals surface area (Å²) in [5.41, 5.74) is 0.541. The Labute approximate surface area is 269 Å². The standard InChI is InChI=1S/C39H40FNO5/c1-37(2)38(3)18-19-39(37,46-36(38)43)35(42)41-20-17-32(28-13-15-30(40)16-14-28)34(23-41)45-25-27-21-29-11-7-8-12-31(29)33(22-27)44-24-26-9-5-4-6-10-26/h4-16,21-22,32,34H,17-20,23-25H2,1-3H3/t32-,34+,38-,39-/m0/s1. The Hall–Kier alpha value is -4.23. The van der Waals surface area contributed by atoms with Gasteiger partial charge in [0.05, 0.1) is 18.1 Å². The molecule has 3 aliphatic rings. The predicted octanol–water partition coefficient (Wildman–Crippen LogP) is 7.58. The summed E-state index contributed by atoms with van der Waals surface area (Å²) in [7, 11) is 0. The van der Waals surface area contributed by atoms with Crippen LogP contribution in [0.25, 0.3) is 10.8 Å². The van der Waals surface area contributed by atoms with Gasteiger partial charge in [0, 0.05) is 29.8 Å². The molecule has 2 saturated heterocycles. The van der Waals surface area contributed by atoms with E-state index in [0.29, 0.717) is 45.6 Å². The van der Waals surface area contributed by atoms with Crippen molar-refractivity contribution in [1.82, 2.24) is 4.90 Å². The molecular weight excluding hydrogens is 581 g/mol. The largest absolute Gasteiger partial charge is 0.488 e. The van der Waals surface area contributed by atoms with Crippen molar-refractivity contribution >= 4 is 22.6 Å². The molecule has 4 atom stereocenters. The quantitative estimate of drug-likeness (QED) is 0.190. The van der Waals surface area contributed by atoms with Crippen molar-refractivity contribution in [2.45, 2.75) is 70.9 Å². The van der Waals surface area contributed by atoms with E-state index in [1.54, 1.807) is 0 Å². The van der Waals surface area contributed by atoms with Gasteiger partial charge in [0.1, 0.15) is 18.2 Å². The first-order chi connectivity index (χ1) is 22.1. The van der Waals surface area contributed by atoms with Crippen molar-refractivity contribution in [3.8, 4) is 5.75 Å². The van der Waals surface area contributed by atoms with Crippen molar-refractivity contribution < 1.29 is 28.2 Å². The van der Waals surface area contributed by atoms with Gasteiger partial charge in [0.2, 0.25) is 0 Å². The zero-order valence-electron chi connectivity index (χ0n) is 26.6. The number of nitrogens with zero attached hydrogens (tertiary/aromatic N) is 1. The van der Waals surface area contributed by atoms with Crippen LogP contribution in [0.3, 0.4) is 0 Å². The number of hydrogen-bond donors (Lipinski definition) is 0. The Bertz CT molecular complexity index is 1770. The highest BCUT2D eigenvalue weighted by Gasteiger charge is 2.76. The molecule has 1 aliphatic carbocycles. The number of fused-ring (bicyclic) bond motifs is 3. The zero-order chi connectivity index (χ0) is 32.1. The van der Waals surface area contributed by atoms with E-state index in [1.165, 1.54) is 12.1 Å². The molecule has 0 unspecified atom stereocenters. The van der Waals surface area contributed by atoms with Gasteiger partial charge < -0.3 is 19.1 Å². The molecule has 3 fully saturated rings. The molecule has 4 aromatic rings. The predicted molar refractivity (Wildman–Crippen MR) is 174 cm³/mol. The lowest BCUT2D eigenvalue weighted by molar-refractivity contribution is -0.176. The number of piperidine rings is 1. The molecule has 1 saturated carbocycles. The van der Waals surface area contributed by atoms with Crippen molar-refractivity contribution in [2.75, 3.05) is 13.1 Å². The van der Waals surface area contributed by atoms with Crippen LogP contribution in [0.4, 0.5) is 4.39 Å². The van der Waals surface area contributed by atoms with Crippen LogP contribution in [0.1, 0.15) is 62.6 Å². The van der Waals surface area contributed by atoms with E-state index in [9.17, 15) is 14.0 Å². The highest BCUT2D eigenvalue weighted by atomic mass is 19.1. The number of hydrogen-bond acceptors (Lipinski definition) is 5. The minimum atomic E-state index is -1.17. The molecule has 6 nitrogen and oxygen atoms in total. The number of carbonyl (C=O) groups is 2. The smallest absolute Gasteiger partial charge is 0.313 e. The lowest BCUT2D eigenvalue weighted by Gasteiger charge is -2.44. The number of likely N-dealkylation sites (tertiary alicyclic amines) is 1. The Balaban J connectivity index is 1.15. The van der Waals surface area contributed by atoms with Crippen LogP contribution in [0, 0.1) is 16.6 Å². The van der Waals surface area contributed by atoms with Crippen LogP contribution >= 0.6 is 0 Å². The maximum absolute atomic E-state index is 14.3. The molecule has 2 bridgehead atoms. The van der Waals surface area contributed by atoms with E-state index >= 15 is 0 Å². The second-order valence-corrected chi connectivity index (χ2v) is 13.8. The number of esters is 1. The Kier molecular flexibility index (Phi) is 7.63. The van der Waals surface area contributed by atoms with E-state index < -0.39 is 16.4 Å². The number of halogens is 1. The zero-order valence-corrected chi connectivity index (χ0v) is 26.6. The van der Waals surface area contributed by atoms with Crippen LogP contribution in [-0.2, 0) is 32.3 Å². The highest BCUT2D eigenvalue weighted by molar-refractivity contribution is 5.96. The van der Waals surface area contributed by atoms with E-state index in [2.05, 4.69) is 18.2 Å². The summed E-state index contributed by atoms with van der Waals surface area (Å²) < 4.78 is 32.9. The van der Waals surface area contributed by atoms with Crippen LogP contribution in [0.5, 0.6) is 5.75 Å². The van der Waals surface area contributed by atoms with Crippen molar-refractivity contribution in [1.29, 1.82) is 0 Å². The normalized spacial score (nSPS) is 26.7. The summed E-state index contributed by atoms with van der Waals surface area (Å²) in [6.07, 6.45) is 1.45. The molecule has 0 aromatic heterocycles. The minimum Gasteiger partial charge on any atom is -0.488 e. The highest BCUT2D eigenvalue weighted by Crippen LogP contribution is 2.66. The van der Waals surface area contributed by atoms with Gasteiger partial charge in [-0.25, -0.2) is 4.39 Å². The van der Waals surface area contributed by atoms with Gasteiger partial charge in [-0.1, -0.05) is 80.6 Å². The van der Waals surface area contributed by atoms with E-state index in [4.69, 9.17) is 14.2 Å². The van der Waals surface area contributed by atoms with Gasteiger partial charge in [-0.3, -0.25) is 9.59 Å². The molecule has 238 valence electrons. The topological polar surface area (TPSA) is 65.1 Å². The Morgan fingerprint density at radius 1 is 0.913 bits per heavy atom. The summed E-state index contributed by atoms with van der Waals surface area (Å²) in [5.74, 6) is 0.0315. The number of carbonyl (C=O) groups excluding carboxylic acids is 2. The maximum atomic E-state index is 14.3. The SMILES string of the molecule is CC1(C)[C@@]2(C)CC[C@@]1(C(=O)N1CC[C@@H](c3ccc(F)cc3)[C@H](OCc3cc(OCc4ccccc4)c4ccccc4c3)C1)OC2=O. The second-order valence-electron chi connectivity index (χ2n) is 13.8. The number of ether oxygens (including phenoxy) is 3. The van der Waals surface area contributed by atoms with Gasteiger partial charge in [0.25, 0.3) is 5.91 Å². The molecule has 0 N–H and O–H groups in total. The third-order valence-corrected chi connectivity index (χ3v) is 11.2. The van der Waals surface area contributed by atoms with Crippen LogP contribution in [-0.4, -0.2) is 41.6 Å². The molecule has 4 aromatic carbocycles. The molecule has 0 spiro atoms. The molecule has 0 radical (unpaired) electrons. The van der Waals surface area contributed by atoms with Crippen molar-refractivity contribution in [3.05, 3.63) is 114 Å². The van der Waals surface area contributed by atoms with Crippen LogP contribution in [0.2, 0.25) is 0 Å². The fourth-order valence-electron chi connectivity index (χ4n) is 7.81. The molecule has 1 amide bonds. The van der Waals surface area contributed by atoms with Crippen LogP contribution < -0.4 is 4.74 Å². The third kappa shape index (κ3) is 4.96. The van der Waals surface area contributed by atoms with Gasteiger partial charge in [-0.2, -0.15) is 0 Å². The molecule has 7 rings (SSSR count). The van der Waals surface area contributed by atoms with Crippen molar-refractivity contribution in [2.24, 2.45) is 10.8 Å². The fourth-order valence-corrected chi connectivity index (χ4v) is 7.81. The molecular formula is C39H40FNO5. The minimum absolute atomic E-state index is 0.0376. The molecule has 2 aliphatic heterocycles. The van der Waals surface area contributed by atoms with Gasteiger partial charge in [-0.05, 0) is 72.5 Å². The maximum Gasteiger partial charge on any atom is 0.313 e. The number of benzene rings is 4. The van der Waals surface area contributed by atoms with E-state index in [1.807, 2.05) is 86.3 Å². The summed E-state index contributed by atoms with van der Waals surface area (Å²) in [6.45, 7) is 7.49. The molecule has 2 heterocycles. The van der Waals surface area contributed by atoms with Gasteiger partial charge >= 0.3 is 5.97 Å². The number of amides is 1. The average Bonchev–Trinajstić information content (AvgIpc) is 3.37. The monoisotopic (exact) mass is 621 g/mol. The lowest BCUT2D eigenvalue weighted by atomic mass is 9.66. The Morgan fingerprint density at radius 3 is 2.37 bits per heavy atom. The first-order valence-corrected chi connectivity index (χ1v) is 16.2. The van der Waals surface area contributed by atoms with Crippen molar-refractivity contribution in [3.63, 3.8) is 0 Å². The summed E-state index contributed by atoms with van der Waals surface area (Å²) >= 11 is 0. The van der Waals surface area contributed by atoms with Gasteiger partial charge in [-0.15, -0.1) is 0 Å². The van der Waals surface area contributed by atoms with E-state index in [0.717, 1.165) is 33.2 Å². The van der Waals surface area contributed by atoms with Gasteiger partial charge in [0.15, 0.2) is 5.60 Å². The molecule has 46 heavy (non-hydrogen) atoms. The first-order valence-electron chi connectivity index (χ1n) is 16.2. The third-order valence-electron chi connectivity index (χ3n) is 11.2. The molecule has 7 heteroatoms.